The van der Waals surface area contributed by atoms with E-state index in [-0.39, 0.29) is 11.9 Å². The summed E-state index contributed by atoms with van der Waals surface area (Å²) >= 11 is 0. The minimum atomic E-state index is 0.127. The molecule has 116 valence electrons. The first-order valence-corrected chi connectivity index (χ1v) is 7.49. The first-order valence-electron chi connectivity index (χ1n) is 7.49. The Morgan fingerprint density at radius 1 is 1.32 bits per heavy atom. The van der Waals surface area contributed by atoms with E-state index >= 15 is 0 Å². The number of aromatic hydroxyl groups is 1. The molecule has 3 rings (SSSR count). The van der Waals surface area contributed by atoms with Crippen LogP contribution in [-0.4, -0.2) is 41.5 Å². The highest BCUT2D eigenvalue weighted by atomic mass is 16.5. The maximum Gasteiger partial charge on any atom is 0.190 e. The number of rotatable bonds is 4. The molecule has 1 aromatic heterocycles. The van der Waals surface area contributed by atoms with Crippen LogP contribution in [0.3, 0.4) is 0 Å². The molecule has 1 fully saturated rings. The molecule has 0 amide bonds. The highest BCUT2D eigenvalue weighted by Gasteiger charge is 2.18. The molecule has 0 radical (unpaired) electrons. The van der Waals surface area contributed by atoms with Crippen molar-refractivity contribution in [2.24, 2.45) is 0 Å². The van der Waals surface area contributed by atoms with Crippen LogP contribution in [-0.2, 0) is 0 Å². The van der Waals surface area contributed by atoms with E-state index in [1.807, 2.05) is 18.2 Å². The Hall–Kier alpha value is -2.34. The summed E-state index contributed by atoms with van der Waals surface area (Å²) in [5.74, 6) is 1.44. The molecule has 0 bridgehead atoms. The number of ether oxygens (including phenoxy) is 1. The van der Waals surface area contributed by atoms with Gasteiger partial charge in [-0.15, -0.1) is 10.2 Å². The van der Waals surface area contributed by atoms with Gasteiger partial charge in [-0.3, -0.25) is 0 Å². The summed E-state index contributed by atoms with van der Waals surface area (Å²) in [4.78, 5) is 0. The van der Waals surface area contributed by atoms with Crippen LogP contribution in [0.4, 0.5) is 5.82 Å². The van der Waals surface area contributed by atoms with Crippen LogP contribution in [0.1, 0.15) is 12.8 Å². The molecule has 0 saturated carbocycles. The predicted molar refractivity (Wildman–Crippen MR) is 85.2 cm³/mol. The smallest absolute Gasteiger partial charge is 0.190 e. The largest absolute Gasteiger partial charge is 0.507 e. The number of piperidine rings is 1. The Kier molecular flexibility index (Phi) is 4.39. The van der Waals surface area contributed by atoms with Crippen molar-refractivity contribution in [1.82, 2.24) is 15.5 Å². The molecule has 1 aliphatic heterocycles. The maximum absolute atomic E-state index is 9.97. The van der Waals surface area contributed by atoms with Crippen molar-refractivity contribution in [3.63, 3.8) is 0 Å². The van der Waals surface area contributed by atoms with E-state index in [1.165, 1.54) is 0 Å². The minimum Gasteiger partial charge on any atom is -0.507 e. The third-order valence-electron chi connectivity index (χ3n) is 3.72. The fourth-order valence-corrected chi connectivity index (χ4v) is 2.56. The Morgan fingerprint density at radius 3 is 2.91 bits per heavy atom. The monoisotopic (exact) mass is 300 g/mol. The van der Waals surface area contributed by atoms with Crippen LogP contribution < -0.4 is 15.4 Å². The van der Waals surface area contributed by atoms with E-state index < -0.39 is 0 Å². The third-order valence-corrected chi connectivity index (χ3v) is 3.72. The number of phenols is 1. The molecule has 1 atom stereocenters. The van der Waals surface area contributed by atoms with E-state index in [2.05, 4.69) is 20.8 Å². The maximum atomic E-state index is 9.97. The van der Waals surface area contributed by atoms with Crippen LogP contribution in [0, 0.1) is 0 Å². The van der Waals surface area contributed by atoms with Gasteiger partial charge in [0.1, 0.15) is 17.5 Å². The number of benzene rings is 1. The molecule has 1 aliphatic rings. The van der Waals surface area contributed by atoms with Crippen molar-refractivity contribution in [2.45, 2.75) is 18.9 Å². The fraction of sp³-hybridized carbons (Fsp3) is 0.375. The van der Waals surface area contributed by atoms with Crippen molar-refractivity contribution >= 4 is 5.82 Å². The topological polar surface area (TPSA) is 79.3 Å². The average molecular weight is 300 g/mol. The number of nitrogens with zero attached hydrogens (tertiary/aromatic N) is 2. The quantitative estimate of drug-likeness (QED) is 0.802. The van der Waals surface area contributed by atoms with Crippen molar-refractivity contribution in [3.8, 4) is 22.8 Å². The van der Waals surface area contributed by atoms with Gasteiger partial charge in [0.2, 0.25) is 0 Å². The van der Waals surface area contributed by atoms with E-state index in [9.17, 15) is 5.11 Å². The van der Waals surface area contributed by atoms with Crippen molar-refractivity contribution in [2.75, 3.05) is 25.5 Å². The van der Waals surface area contributed by atoms with Crippen molar-refractivity contribution in [3.05, 3.63) is 30.3 Å². The summed E-state index contributed by atoms with van der Waals surface area (Å²) < 4.78 is 6.07. The Bertz CT molecular complexity index is 642. The molecule has 2 heterocycles. The first kappa shape index (κ1) is 14.6. The molecule has 6 nitrogen and oxygen atoms in total. The number of nitrogens with one attached hydrogen (secondary N) is 2. The van der Waals surface area contributed by atoms with Crippen LogP contribution in [0.2, 0.25) is 0 Å². The summed E-state index contributed by atoms with van der Waals surface area (Å²) in [7, 11) is 1.79. The van der Waals surface area contributed by atoms with E-state index in [4.69, 9.17) is 4.74 Å². The van der Waals surface area contributed by atoms with Gasteiger partial charge in [-0.1, -0.05) is 12.1 Å². The molecular weight excluding hydrogens is 280 g/mol. The van der Waals surface area contributed by atoms with Crippen molar-refractivity contribution in [1.29, 1.82) is 0 Å². The number of para-hydroxylation sites is 1. The molecule has 0 aliphatic carbocycles. The number of anilines is 1. The molecule has 1 unspecified atom stereocenters. The predicted octanol–water partition coefficient (Wildman–Crippen LogP) is 2.02. The lowest BCUT2D eigenvalue weighted by Crippen LogP contribution is -2.37. The molecule has 0 spiro atoms. The normalized spacial score (nSPS) is 18.0. The van der Waals surface area contributed by atoms with Gasteiger partial charge in [-0.25, -0.2) is 0 Å². The third kappa shape index (κ3) is 3.12. The van der Waals surface area contributed by atoms with Crippen LogP contribution >= 0.6 is 0 Å². The van der Waals surface area contributed by atoms with Gasteiger partial charge in [0.25, 0.3) is 0 Å². The van der Waals surface area contributed by atoms with Crippen LogP contribution in [0.5, 0.6) is 11.5 Å². The lowest BCUT2D eigenvalue weighted by Gasteiger charge is -2.24. The summed E-state index contributed by atoms with van der Waals surface area (Å²) in [5.41, 5.74) is 1.24. The van der Waals surface area contributed by atoms with Gasteiger partial charge in [0.05, 0.1) is 0 Å². The van der Waals surface area contributed by atoms with Gasteiger partial charge in [-0.05, 0) is 31.5 Å². The van der Waals surface area contributed by atoms with Crippen LogP contribution in [0.25, 0.3) is 11.3 Å². The molecule has 1 aromatic carbocycles. The summed E-state index contributed by atoms with van der Waals surface area (Å²) in [6.45, 7) is 1.87. The number of phenolic OH excluding ortho intramolecular Hbond substituents is 1. The fourth-order valence-electron chi connectivity index (χ4n) is 2.56. The second-order valence-corrected chi connectivity index (χ2v) is 5.30. The molecule has 6 heteroatoms. The van der Waals surface area contributed by atoms with E-state index in [0.29, 0.717) is 22.8 Å². The molecular formula is C16H20N4O2. The number of hydrogen-bond donors (Lipinski definition) is 3. The van der Waals surface area contributed by atoms with Gasteiger partial charge in [0.15, 0.2) is 11.6 Å². The zero-order chi connectivity index (χ0) is 15.4. The van der Waals surface area contributed by atoms with Gasteiger partial charge < -0.3 is 20.5 Å². The second-order valence-electron chi connectivity index (χ2n) is 5.30. The standard InChI is InChI=1S/C16H20N4O2/c1-17-16-15(22-11-5-4-8-18-10-11)9-13(19-20-16)12-6-2-3-7-14(12)21/h2-3,6-7,9,11,18,21H,4-5,8,10H2,1H3,(H,17,20). The Labute approximate surface area is 129 Å². The molecule has 3 N–H and O–H groups in total. The summed E-state index contributed by atoms with van der Waals surface area (Å²) in [6, 6.07) is 8.90. The first-order chi connectivity index (χ1) is 10.8. The van der Waals surface area contributed by atoms with Gasteiger partial charge in [0, 0.05) is 25.2 Å². The lowest BCUT2D eigenvalue weighted by molar-refractivity contribution is 0.167. The van der Waals surface area contributed by atoms with Gasteiger partial charge >= 0.3 is 0 Å². The zero-order valence-corrected chi connectivity index (χ0v) is 12.5. The highest BCUT2D eigenvalue weighted by molar-refractivity contribution is 5.69. The summed E-state index contributed by atoms with van der Waals surface area (Å²) in [6.07, 6.45) is 2.25. The number of hydrogen-bond acceptors (Lipinski definition) is 6. The van der Waals surface area contributed by atoms with E-state index in [1.54, 1.807) is 19.2 Å². The molecule has 22 heavy (non-hydrogen) atoms. The SMILES string of the molecule is CNc1nnc(-c2ccccc2O)cc1OC1CCCNC1. The zero-order valence-electron chi connectivity index (χ0n) is 12.5. The number of aromatic nitrogens is 2. The average Bonchev–Trinajstić information content (AvgIpc) is 2.56. The Balaban J connectivity index is 1.90. The lowest BCUT2D eigenvalue weighted by atomic mass is 10.1. The van der Waals surface area contributed by atoms with E-state index in [0.717, 1.165) is 25.9 Å². The summed E-state index contributed by atoms with van der Waals surface area (Å²) in [5, 5.41) is 24.6. The second kappa shape index (κ2) is 6.62. The van der Waals surface area contributed by atoms with Gasteiger partial charge in [-0.2, -0.15) is 0 Å². The van der Waals surface area contributed by atoms with Crippen molar-refractivity contribution < 1.29 is 9.84 Å². The minimum absolute atomic E-state index is 0.127. The highest BCUT2D eigenvalue weighted by Crippen LogP contribution is 2.32. The molecule has 1 saturated heterocycles. The Morgan fingerprint density at radius 2 is 2.18 bits per heavy atom. The molecule has 2 aromatic rings. The van der Waals surface area contributed by atoms with Crippen LogP contribution in [0.15, 0.2) is 30.3 Å².